The third-order valence-electron chi connectivity index (χ3n) is 8.33. The normalized spacial score (nSPS) is 19.0. The van der Waals surface area contributed by atoms with Crippen LogP contribution in [-0.2, 0) is 20.8 Å². The zero-order valence-electron chi connectivity index (χ0n) is 27.3. The summed E-state index contributed by atoms with van der Waals surface area (Å²) in [6, 6.07) is 16.6. The average molecular weight is 629 g/mol. The van der Waals surface area contributed by atoms with Gasteiger partial charge in [0.05, 0.1) is 18.8 Å². The summed E-state index contributed by atoms with van der Waals surface area (Å²) in [5, 5.41) is 8.72. The highest BCUT2D eigenvalue weighted by molar-refractivity contribution is 5.94. The van der Waals surface area contributed by atoms with Crippen molar-refractivity contribution < 1.29 is 23.9 Å². The van der Waals surface area contributed by atoms with Gasteiger partial charge in [-0.3, -0.25) is 14.9 Å². The summed E-state index contributed by atoms with van der Waals surface area (Å²) in [6.07, 6.45) is 3.59. The number of ether oxygens (including phenoxy) is 2. The molecule has 3 N–H and O–H groups in total. The molecule has 0 unspecified atom stereocenters. The molecule has 1 aliphatic heterocycles. The Morgan fingerprint density at radius 2 is 1.65 bits per heavy atom. The van der Waals surface area contributed by atoms with Crippen molar-refractivity contribution in [1.29, 1.82) is 0 Å². The Kier molecular flexibility index (Phi) is 10.2. The predicted octanol–water partition coefficient (Wildman–Crippen LogP) is 5.24. The first-order valence-electron chi connectivity index (χ1n) is 15.9. The minimum Gasteiger partial charge on any atom is -0.444 e. The molecular weight excluding hydrogens is 584 g/mol. The first-order chi connectivity index (χ1) is 22.0. The van der Waals surface area contributed by atoms with Gasteiger partial charge in [-0.15, -0.1) is 0 Å². The fraction of sp³-hybridized carbons (Fsp3) is 0.457. The topological polar surface area (TPSA) is 135 Å². The van der Waals surface area contributed by atoms with Crippen molar-refractivity contribution in [3.8, 4) is 11.1 Å². The van der Waals surface area contributed by atoms with Crippen LogP contribution >= 0.6 is 0 Å². The molecule has 11 heteroatoms. The van der Waals surface area contributed by atoms with Crippen LogP contribution in [0.3, 0.4) is 0 Å². The van der Waals surface area contributed by atoms with E-state index in [2.05, 4.69) is 25.8 Å². The number of nitrogens with zero attached hydrogens (tertiary/aromatic N) is 3. The molecule has 0 bridgehead atoms. The van der Waals surface area contributed by atoms with Crippen LogP contribution in [0.5, 0.6) is 0 Å². The Hall–Kier alpha value is -4.51. The van der Waals surface area contributed by atoms with E-state index in [1.54, 1.807) is 19.2 Å². The zero-order valence-corrected chi connectivity index (χ0v) is 27.3. The van der Waals surface area contributed by atoms with Gasteiger partial charge >= 0.3 is 6.09 Å². The number of aromatic nitrogens is 2. The molecule has 46 heavy (non-hydrogen) atoms. The molecule has 1 saturated carbocycles. The first kappa shape index (κ1) is 32.9. The van der Waals surface area contributed by atoms with Crippen LogP contribution in [-0.4, -0.2) is 65.8 Å². The Morgan fingerprint density at radius 3 is 2.33 bits per heavy atom. The Labute approximate surface area is 270 Å². The van der Waals surface area contributed by atoms with Crippen molar-refractivity contribution in [2.24, 2.45) is 5.92 Å². The van der Waals surface area contributed by atoms with Crippen LogP contribution in [0.2, 0.25) is 0 Å². The second kappa shape index (κ2) is 14.3. The second-order valence-electron chi connectivity index (χ2n) is 12.9. The maximum atomic E-state index is 13.2. The van der Waals surface area contributed by atoms with Crippen molar-refractivity contribution >= 4 is 29.4 Å². The largest absolute Gasteiger partial charge is 0.444 e. The number of fused-ring (bicyclic) bond motifs is 1. The summed E-state index contributed by atoms with van der Waals surface area (Å²) in [7, 11) is 1.62. The van der Waals surface area contributed by atoms with E-state index in [0.29, 0.717) is 41.8 Å². The lowest BCUT2D eigenvalue weighted by Gasteiger charge is -2.30. The number of anilines is 2. The molecule has 2 fully saturated rings. The van der Waals surface area contributed by atoms with E-state index in [1.165, 1.54) is 0 Å². The van der Waals surface area contributed by atoms with Crippen LogP contribution < -0.4 is 20.9 Å². The molecule has 2 aromatic carbocycles. The van der Waals surface area contributed by atoms with E-state index < -0.39 is 11.7 Å². The summed E-state index contributed by atoms with van der Waals surface area (Å²) in [5.41, 5.74) is 3.16. The number of hydrogen-bond donors (Lipinski definition) is 3. The SMILES string of the molecule is COCCNC(=O)[C@@H]1C[C@@H]2CCC[C@@H]2N1c1cc(CNC(=O)c2ccc(-c3ccc(NC(=O)OC(C)(C)C)cc3)cc2)nc(C)n1. The Morgan fingerprint density at radius 1 is 0.957 bits per heavy atom. The van der Waals surface area contributed by atoms with E-state index in [0.717, 1.165) is 42.6 Å². The highest BCUT2D eigenvalue weighted by atomic mass is 16.6. The highest BCUT2D eigenvalue weighted by Crippen LogP contribution is 2.43. The van der Waals surface area contributed by atoms with Crippen LogP contribution in [0.25, 0.3) is 11.1 Å². The highest BCUT2D eigenvalue weighted by Gasteiger charge is 2.47. The van der Waals surface area contributed by atoms with Crippen molar-refractivity contribution in [2.45, 2.75) is 77.6 Å². The number of carbonyl (C=O) groups excluding carboxylic acids is 3. The van der Waals surface area contributed by atoms with E-state index in [4.69, 9.17) is 14.5 Å². The molecule has 2 aliphatic rings. The summed E-state index contributed by atoms with van der Waals surface area (Å²) >= 11 is 0. The van der Waals surface area contributed by atoms with Crippen molar-refractivity contribution in [1.82, 2.24) is 20.6 Å². The summed E-state index contributed by atoms with van der Waals surface area (Å²) in [4.78, 5) is 49.8. The van der Waals surface area contributed by atoms with E-state index in [1.807, 2.05) is 70.2 Å². The molecular formula is C35H44N6O5. The van der Waals surface area contributed by atoms with Crippen LogP contribution in [0, 0.1) is 12.8 Å². The van der Waals surface area contributed by atoms with Gasteiger partial charge in [-0.05, 0) is 88.3 Å². The number of methoxy groups -OCH3 is 1. The van der Waals surface area contributed by atoms with Crippen molar-refractivity contribution in [3.63, 3.8) is 0 Å². The van der Waals surface area contributed by atoms with Gasteiger partial charge in [0.2, 0.25) is 5.91 Å². The van der Waals surface area contributed by atoms with Gasteiger partial charge < -0.3 is 25.0 Å². The number of benzene rings is 2. The predicted molar refractivity (Wildman–Crippen MR) is 177 cm³/mol. The zero-order chi connectivity index (χ0) is 32.8. The van der Waals surface area contributed by atoms with Gasteiger partial charge in [0.25, 0.3) is 5.91 Å². The summed E-state index contributed by atoms with van der Waals surface area (Å²) in [5.74, 6) is 1.57. The van der Waals surface area contributed by atoms with E-state index in [-0.39, 0.29) is 30.4 Å². The first-order valence-corrected chi connectivity index (χ1v) is 15.9. The second-order valence-corrected chi connectivity index (χ2v) is 12.9. The molecule has 0 spiro atoms. The van der Waals surface area contributed by atoms with Gasteiger partial charge in [-0.25, -0.2) is 14.8 Å². The third-order valence-corrected chi connectivity index (χ3v) is 8.33. The Balaban J connectivity index is 1.21. The average Bonchev–Trinajstić information content (AvgIpc) is 3.61. The molecule has 5 rings (SSSR count). The monoisotopic (exact) mass is 628 g/mol. The van der Waals surface area contributed by atoms with Crippen LogP contribution in [0.4, 0.5) is 16.3 Å². The minimum absolute atomic E-state index is 0.00516. The van der Waals surface area contributed by atoms with Crippen LogP contribution in [0.1, 0.15) is 68.3 Å². The maximum Gasteiger partial charge on any atom is 0.412 e. The third kappa shape index (κ3) is 8.20. The lowest BCUT2D eigenvalue weighted by molar-refractivity contribution is -0.122. The quantitative estimate of drug-likeness (QED) is 0.260. The van der Waals surface area contributed by atoms with Gasteiger partial charge in [-0.2, -0.15) is 0 Å². The Bertz CT molecular complexity index is 1540. The fourth-order valence-electron chi connectivity index (χ4n) is 6.34. The number of amides is 3. The minimum atomic E-state index is -0.575. The molecule has 11 nitrogen and oxygen atoms in total. The standard InChI is InChI=1S/C35H44N6O5/c1-22-38-28(20-31(39-22)41-29-8-6-7-26(29)19-30(41)33(43)36-17-18-45-5)21-37-32(42)25-11-9-23(10-12-25)24-13-15-27(16-14-24)40-34(44)46-35(2,3)4/h9-16,20,26,29-30H,6-8,17-19,21H2,1-5H3,(H,36,43)(H,37,42)(H,40,44)/t26-,29-,30-/m0/s1. The van der Waals surface area contributed by atoms with Gasteiger partial charge in [0.1, 0.15) is 23.3 Å². The summed E-state index contributed by atoms with van der Waals surface area (Å²) in [6.45, 7) is 8.45. The number of hydrogen-bond acceptors (Lipinski definition) is 8. The molecule has 244 valence electrons. The number of rotatable bonds is 10. The smallest absolute Gasteiger partial charge is 0.412 e. The lowest BCUT2D eigenvalue weighted by atomic mass is 10.0. The molecule has 0 radical (unpaired) electrons. The maximum absolute atomic E-state index is 13.2. The molecule has 1 aromatic heterocycles. The molecule has 3 atom stereocenters. The number of aryl methyl sites for hydroxylation is 1. The fourth-order valence-corrected chi connectivity index (χ4v) is 6.34. The molecule has 3 aromatic rings. The molecule has 2 heterocycles. The molecule has 3 amide bonds. The van der Waals surface area contributed by atoms with Gasteiger partial charge in [0.15, 0.2) is 0 Å². The van der Waals surface area contributed by atoms with Gasteiger partial charge in [0, 0.05) is 37.0 Å². The lowest BCUT2D eigenvalue weighted by Crippen LogP contribution is -2.47. The van der Waals surface area contributed by atoms with E-state index >= 15 is 0 Å². The van der Waals surface area contributed by atoms with Crippen LogP contribution in [0.15, 0.2) is 54.6 Å². The van der Waals surface area contributed by atoms with Crippen molar-refractivity contribution in [2.75, 3.05) is 30.5 Å². The number of nitrogens with one attached hydrogen (secondary N) is 3. The van der Waals surface area contributed by atoms with E-state index in [9.17, 15) is 14.4 Å². The molecule has 1 saturated heterocycles. The number of carbonyl (C=O) groups is 3. The summed E-state index contributed by atoms with van der Waals surface area (Å²) < 4.78 is 10.4. The van der Waals surface area contributed by atoms with Gasteiger partial charge in [-0.1, -0.05) is 30.7 Å². The molecule has 1 aliphatic carbocycles. The van der Waals surface area contributed by atoms with Crippen molar-refractivity contribution in [3.05, 3.63) is 71.7 Å².